The van der Waals surface area contributed by atoms with Gasteiger partial charge in [0.1, 0.15) is 5.82 Å². The van der Waals surface area contributed by atoms with Crippen LogP contribution in [0.5, 0.6) is 0 Å². The van der Waals surface area contributed by atoms with Crippen molar-refractivity contribution in [2.75, 3.05) is 18.5 Å². The van der Waals surface area contributed by atoms with Gasteiger partial charge in [0.15, 0.2) is 0 Å². The van der Waals surface area contributed by atoms with Crippen LogP contribution in [-0.2, 0) is 6.42 Å². The van der Waals surface area contributed by atoms with Crippen LogP contribution < -0.4 is 4.90 Å². The smallest absolute Gasteiger partial charge is 0.136 e. The molecule has 0 saturated carbocycles. The number of hydrogen-bond acceptors (Lipinski definition) is 1. The first kappa shape index (κ1) is 8.29. The summed E-state index contributed by atoms with van der Waals surface area (Å²) in [6.45, 7) is 1.01. The molecule has 1 aliphatic heterocycles. The maximum atomic E-state index is 13.1. The summed E-state index contributed by atoms with van der Waals surface area (Å²) in [5.74, 6) is -0.0929. The van der Waals surface area contributed by atoms with Crippen LogP contribution in [0.4, 0.5) is 10.1 Å². The van der Waals surface area contributed by atoms with Crippen LogP contribution in [0.15, 0.2) is 12.1 Å². The Labute approximate surface area is 84.7 Å². The molecule has 1 heterocycles. The van der Waals surface area contributed by atoms with Crippen LogP contribution in [0.2, 0.25) is 0 Å². The first-order valence-electron chi connectivity index (χ1n) is 3.87. The molecule has 0 fully saturated rings. The van der Waals surface area contributed by atoms with E-state index < -0.39 is 0 Å². The first-order valence-corrected chi connectivity index (χ1v) is 4.95. The highest BCUT2D eigenvalue weighted by atomic mass is 127. The van der Waals surface area contributed by atoms with Gasteiger partial charge in [0.2, 0.25) is 0 Å². The first-order chi connectivity index (χ1) is 5.68. The van der Waals surface area contributed by atoms with Gasteiger partial charge in [-0.1, -0.05) is 0 Å². The Bertz CT molecular complexity index is 325. The van der Waals surface area contributed by atoms with E-state index in [1.54, 1.807) is 6.07 Å². The third kappa shape index (κ3) is 1.20. The summed E-state index contributed by atoms with van der Waals surface area (Å²) in [6.07, 6.45) is 0.972. The second kappa shape index (κ2) is 2.87. The highest BCUT2D eigenvalue weighted by Gasteiger charge is 2.17. The summed E-state index contributed by atoms with van der Waals surface area (Å²) in [7, 11) is 2.04. The summed E-state index contributed by atoms with van der Waals surface area (Å²) >= 11 is 2.03. The van der Waals surface area contributed by atoms with E-state index in [2.05, 4.69) is 4.90 Å². The van der Waals surface area contributed by atoms with Gasteiger partial charge in [0.05, 0.1) is 3.57 Å². The minimum absolute atomic E-state index is 0.0929. The fraction of sp³-hybridized carbons (Fsp3) is 0.333. The molecule has 0 spiro atoms. The molecule has 3 heteroatoms. The molecule has 1 nitrogen and oxygen atoms in total. The second-order valence-corrected chi connectivity index (χ2v) is 4.23. The average Bonchev–Trinajstić information content (AvgIpc) is 2.35. The topological polar surface area (TPSA) is 3.24 Å². The molecule has 1 aliphatic rings. The van der Waals surface area contributed by atoms with E-state index in [0.717, 1.165) is 18.5 Å². The summed E-state index contributed by atoms with van der Waals surface area (Å²) in [4.78, 5) is 2.16. The van der Waals surface area contributed by atoms with Gasteiger partial charge in [-0.15, -0.1) is 0 Å². The van der Waals surface area contributed by atoms with Crippen molar-refractivity contribution in [3.8, 4) is 0 Å². The Hall–Kier alpha value is -0.320. The van der Waals surface area contributed by atoms with Crippen molar-refractivity contribution in [2.45, 2.75) is 6.42 Å². The molecule has 0 saturated heterocycles. The number of benzene rings is 1. The van der Waals surface area contributed by atoms with Gasteiger partial charge in [-0.3, -0.25) is 0 Å². The number of likely N-dealkylation sites (N-methyl/N-ethyl adjacent to an activating group) is 1. The van der Waals surface area contributed by atoms with Crippen molar-refractivity contribution in [3.05, 3.63) is 27.1 Å². The lowest BCUT2D eigenvalue weighted by Crippen LogP contribution is -2.12. The van der Waals surface area contributed by atoms with Gasteiger partial charge in [-0.05, 0) is 46.7 Å². The van der Waals surface area contributed by atoms with Crippen LogP contribution in [0, 0.1) is 9.39 Å². The van der Waals surface area contributed by atoms with Gasteiger partial charge in [-0.2, -0.15) is 0 Å². The van der Waals surface area contributed by atoms with E-state index in [1.807, 2.05) is 35.7 Å². The van der Waals surface area contributed by atoms with Gasteiger partial charge >= 0.3 is 0 Å². The Kier molecular flexibility index (Phi) is 1.98. The molecular weight excluding hydrogens is 268 g/mol. The van der Waals surface area contributed by atoms with E-state index in [0.29, 0.717) is 3.57 Å². The van der Waals surface area contributed by atoms with Gasteiger partial charge < -0.3 is 4.90 Å². The van der Waals surface area contributed by atoms with Gasteiger partial charge in [0, 0.05) is 19.3 Å². The zero-order valence-corrected chi connectivity index (χ0v) is 8.93. The van der Waals surface area contributed by atoms with E-state index in [-0.39, 0.29) is 5.82 Å². The lowest BCUT2D eigenvalue weighted by Gasteiger charge is -2.11. The fourth-order valence-electron chi connectivity index (χ4n) is 1.54. The van der Waals surface area contributed by atoms with E-state index in [1.165, 1.54) is 5.69 Å². The minimum Gasteiger partial charge on any atom is -0.374 e. The van der Waals surface area contributed by atoms with E-state index >= 15 is 0 Å². The number of rotatable bonds is 0. The van der Waals surface area contributed by atoms with Crippen LogP contribution in [-0.4, -0.2) is 13.6 Å². The molecule has 0 aromatic heterocycles. The molecular formula is C9H9FIN. The van der Waals surface area contributed by atoms with E-state index in [9.17, 15) is 4.39 Å². The SMILES string of the molecule is CN1CCc2cc(F)c(I)cc21. The third-order valence-electron chi connectivity index (χ3n) is 2.25. The summed E-state index contributed by atoms with van der Waals surface area (Å²) < 4.78 is 13.8. The van der Waals surface area contributed by atoms with Crippen molar-refractivity contribution in [1.29, 1.82) is 0 Å². The molecule has 0 N–H and O–H groups in total. The molecule has 2 rings (SSSR count). The molecule has 0 amide bonds. The Morgan fingerprint density at radius 2 is 2.25 bits per heavy atom. The zero-order valence-electron chi connectivity index (χ0n) is 6.77. The van der Waals surface area contributed by atoms with Crippen LogP contribution in [0.3, 0.4) is 0 Å². The quantitative estimate of drug-likeness (QED) is 0.658. The van der Waals surface area contributed by atoms with Crippen molar-refractivity contribution in [3.63, 3.8) is 0 Å². The summed E-state index contributed by atoms with van der Waals surface area (Å²) in [5.41, 5.74) is 2.32. The van der Waals surface area contributed by atoms with Crippen molar-refractivity contribution in [2.24, 2.45) is 0 Å². The highest BCUT2D eigenvalue weighted by Crippen LogP contribution is 2.29. The summed E-state index contributed by atoms with van der Waals surface area (Å²) in [5, 5.41) is 0. The van der Waals surface area contributed by atoms with Crippen molar-refractivity contribution >= 4 is 28.3 Å². The Morgan fingerprint density at radius 1 is 1.50 bits per heavy atom. The fourth-order valence-corrected chi connectivity index (χ4v) is 1.99. The third-order valence-corrected chi connectivity index (χ3v) is 3.08. The number of hydrogen-bond donors (Lipinski definition) is 0. The lowest BCUT2D eigenvalue weighted by molar-refractivity contribution is 0.619. The van der Waals surface area contributed by atoms with Crippen LogP contribution in [0.1, 0.15) is 5.56 Å². The molecule has 0 radical (unpaired) electrons. The predicted octanol–water partition coefficient (Wildman–Crippen LogP) is 2.42. The molecule has 0 aliphatic carbocycles. The number of anilines is 1. The number of fused-ring (bicyclic) bond motifs is 1. The lowest BCUT2D eigenvalue weighted by atomic mass is 10.2. The predicted molar refractivity (Wildman–Crippen MR) is 56.1 cm³/mol. The largest absolute Gasteiger partial charge is 0.374 e. The maximum Gasteiger partial charge on any atom is 0.136 e. The van der Waals surface area contributed by atoms with Crippen LogP contribution in [0.25, 0.3) is 0 Å². The summed E-state index contributed by atoms with van der Waals surface area (Å²) in [6, 6.07) is 3.57. The molecule has 0 bridgehead atoms. The standard InChI is InChI=1S/C9H9FIN/c1-12-3-2-6-4-7(10)8(11)5-9(6)12/h4-5H,2-3H2,1H3. The molecule has 1 aromatic carbocycles. The second-order valence-electron chi connectivity index (χ2n) is 3.07. The molecule has 0 unspecified atom stereocenters. The van der Waals surface area contributed by atoms with Crippen LogP contribution >= 0.6 is 22.6 Å². The normalized spacial score (nSPS) is 15.1. The van der Waals surface area contributed by atoms with Gasteiger partial charge in [0.25, 0.3) is 0 Å². The number of halogens is 2. The molecule has 12 heavy (non-hydrogen) atoms. The molecule has 1 aromatic rings. The molecule has 64 valence electrons. The zero-order chi connectivity index (χ0) is 8.72. The van der Waals surface area contributed by atoms with Crippen molar-refractivity contribution < 1.29 is 4.39 Å². The van der Waals surface area contributed by atoms with E-state index in [4.69, 9.17) is 0 Å². The Morgan fingerprint density at radius 3 is 3.00 bits per heavy atom. The highest BCUT2D eigenvalue weighted by molar-refractivity contribution is 14.1. The number of nitrogens with zero attached hydrogens (tertiary/aromatic N) is 1. The van der Waals surface area contributed by atoms with Crippen molar-refractivity contribution in [1.82, 2.24) is 0 Å². The Balaban J connectivity index is 2.56. The monoisotopic (exact) mass is 277 g/mol. The molecule has 0 atom stereocenters. The average molecular weight is 277 g/mol. The maximum absolute atomic E-state index is 13.1. The van der Waals surface area contributed by atoms with Gasteiger partial charge in [-0.25, -0.2) is 4.39 Å². The minimum atomic E-state index is -0.0929.